The Bertz CT molecular complexity index is 162. The summed E-state index contributed by atoms with van der Waals surface area (Å²) in [5.74, 6) is 0. The van der Waals surface area contributed by atoms with Crippen molar-refractivity contribution in [3.05, 3.63) is 0 Å². The molecule has 0 atom stereocenters. The van der Waals surface area contributed by atoms with Crippen molar-refractivity contribution in [3.63, 3.8) is 0 Å². The van der Waals surface area contributed by atoms with E-state index in [-0.39, 0.29) is 17.1 Å². The average molecular weight is 381 g/mol. The second-order valence-electron chi connectivity index (χ2n) is 3.49. The van der Waals surface area contributed by atoms with Crippen molar-refractivity contribution < 1.29 is 51.6 Å². The summed E-state index contributed by atoms with van der Waals surface area (Å²) in [5, 5.41) is 6.66. The van der Waals surface area contributed by atoms with E-state index in [1.54, 1.807) is 0 Å². The van der Waals surface area contributed by atoms with Crippen molar-refractivity contribution in [1.82, 2.24) is 10.6 Å². The zero-order chi connectivity index (χ0) is 16.7. The zero-order valence-electron chi connectivity index (χ0n) is 11.7. The minimum atomic E-state index is -6.00. The largest absolute Gasteiger partial charge is 2.00 e. The quantitative estimate of drug-likeness (QED) is 0.400. The molecule has 0 aromatic rings. The van der Waals surface area contributed by atoms with Gasteiger partial charge in [0.25, 0.3) is 0 Å². The number of hydrogen-bond donors (Lipinski definition) is 2. The van der Waals surface area contributed by atoms with Gasteiger partial charge in [0.1, 0.15) is 0 Å². The number of rotatable bonds is 7. The summed E-state index contributed by atoms with van der Waals surface area (Å²) >= 11 is 0. The van der Waals surface area contributed by atoms with Gasteiger partial charge < -0.3 is 45.2 Å². The van der Waals surface area contributed by atoms with Crippen molar-refractivity contribution in [2.45, 2.75) is 26.7 Å². The Morgan fingerprint density at radius 2 is 0.762 bits per heavy atom. The first kappa shape index (κ1) is 29.1. The smallest absolute Gasteiger partial charge is 0.418 e. The van der Waals surface area contributed by atoms with Crippen LogP contribution in [0.3, 0.4) is 0 Å². The van der Waals surface area contributed by atoms with E-state index in [1.807, 2.05) is 0 Å². The van der Waals surface area contributed by atoms with Gasteiger partial charge in [0.15, 0.2) is 0 Å². The molecule has 0 spiro atoms. The predicted molar refractivity (Wildman–Crippen MR) is 66.7 cm³/mol. The summed E-state index contributed by atoms with van der Waals surface area (Å²) in [7, 11) is -12.0. The van der Waals surface area contributed by atoms with Crippen molar-refractivity contribution >= 4 is 14.5 Å². The Morgan fingerprint density at radius 3 is 0.905 bits per heavy atom. The van der Waals surface area contributed by atoms with Gasteiger partial charge in [-0.05, 0) is 25.9 Å². The molecule has 135 valence electrons. The maximum atomic E-state index is 9.75. The normalized spacial score (nSPS) is 10.6. The molecule has 1 radical (unpaired) electrons. The van der Waals surface area contributed by atoms with Gasteiger partial charge in [-0.25, -0.2) is 0 Å². The zero-order valence-corrected chi connectivity index (χ0v) is 12.7. The van der Waals surface area contributed by atoms with Crippen LogP contribution < -0.4 is 10.6 Å². The Morgan fingerprint density at radius 1 is 0.571 bits per heavy atom. The first-order valence-corrected chi connectivity index (χ1v) is 6.07. The van der Waals surface area contributed by atoms with Gasteiger partial charge in [-0.1, -0.05) is 13.8 Å². The van der Waals surface area contributed by atoms with Crippen molar-refractivity contribution in [3.8, 4) is 0 Å². The van der Waals surface area contributed by atoms with Crippen LogP contribution in [0.15, 0.2) is 0 Å². The number of nitrogens with one attached hydrogen (secondary N) is 2. The molecular weight excluding hydrogens is 361 g/mol. The molecule has 0 aromatic carbocycles. The van der Waals surface area contributed by atoms with Gasteiger partial charge >= 0.3 is 31.6 Å². The molecule has 0 heterocycles. The summed E-state index contributed by atoms with van der Waals surface area (Å²) in [6, 6.07) is 0. The molecule has 0 aliphatic heterocycles. The summed E-state index contributed by atoms with van der Waals surface area (Å²) in [6.45, 7) is 8.88. The van der Waals surface area contributed by atoms with E-state index in [9.17, 15) is 34.5 Å². The molecule has 13 heteroatoms. The van der Waals surface area contributed by atoms with E-state index in [2.05, 4.69) is 24.5 Å². The number of halogens is 8. The van der Waals surface area contributed by atoms with Crippen molar-refractivity contribution in [2.75, 3.05) is 26.2 Å². The molecule has 0 fully saturated rings. The molecule has 2 nitrogen and oxygen atoms in total. The third-order valence-electron chi connectivity index (χ3n) is 1.33. The van der Waals surface area contributed by atoms with Crippen LogP contribution in [0.1, 0.15) is 26.7 Å². The Balaban J connectivity index is -0.000000112. The molecule has 0 saturated heterocycles. The Hall–Kier alpha value is 0.00935. The van der Waals surface area contributed by atoms with E-state index >= 15 is 0 Å². The molecule has 21 heavy (non-hydrogen) atoms. The van der Waals surface area contributed by atoms with Crippen LogP contribution in [0.5, 0.6) is 0 Å². The van der Waals surface area contributed by atoms with Crippen LogP contribution in [-0.4, -0.2) is 40.7 Å². The van der Waals surface area contributed by atoms with Crippen LogP contribution in [0.4, 0.5) is 34.5 Å². The van der Waals surface area contributed by atoms with E-state index in [0.717, 1.165) is 26.2 Å². The number of hydrogen-bond acceptors (Lipinski definition) is 2. The SMILES string of the molecule is CCCNCCNCCC.F[B-](F)(F)F.F[B-](F)(F)F.[Cu+2]. The predicted octanol–water partition coefficient (Wildman–Crippen LogP) is 3.58. The third-order valence-corrected chi connectivity index (χ3v) is 1.33. The topological polar surface area (TPSA) is 24.1 Å². The molecule has 2 N–H and O–H groups in total. The van der Waals surface area contributed by atoms with Gasteiger partial charge in [0, 0.05) is 13.1 Å². The van der Waals surface area contributed by atoms with E-state index in [0.29, 0.717) is 0 Å². The average Bonchev–Trinajstić information content (AvgIpc) is 2.18. The second-order valence-corrected chi connectivity index (χ2v) is 3.49. The van der Waals surface area contributed by atoms with Gasteiger partial charge in [-0.2, -0.15) is 0 Å². The summed E-state index contributed by atoms with van der Waals surface area (Å²) < 4.78 is 78.0. The van der Waals surface area contributed by atoms with Crippen molar-refractivity contribution in [1.29, 1.82) is 0 Å². The molecule has 0 aliphatic rings. The molecule has 0 saturated carbocycles. The maximum Gasteiger partial charge on any atom is 2.00 e. The van der Waals surface area contributed by atoms with E-state index in [4.69, 9.17) is 0 Å². The maximum absolute atomic E-state index is 9.75. The van der Waals surface area contributed by atoms with E-state index in [1.165, 1.54) is 12.8 Å². The monoisotopic (exact) mass is 381 g/mol. The van der Waals surface area contributed by atoms with E-state index < -0.39 is 14.5 Å². The minimum Gasteiger partial charge on any atom is -0.418 e. The minimum absolute atomic E-state index is 0. The first-order chi connectivity index (χ1) is 8.91. The van der Waals surface area contributed by atoms with Crippen LogP contribution in [0.2, 0.25) is 0 Å². The van der Waals surface area contributed by atoms with Crippen LogP contribution in [0.25, 0.3) is 0 Å². The fourth-order valence-electron chi connectivity index (χ4n) is 0.780. The standard InChI is InChI=1S/C8H20N2.2BF4.Cu/c1-3-5-9-7-8-10-6-4-2;2*2-1(3,4)5;/h9-10H,3-8H2,1-2H3;;;/q;2*-1;+2. The fourth-order valence-corrected chi connectivity index (χ4v) is 0.780. The molecule has 0 aliphatic carbocycles. The van der Waals surface area contributed by atoms with Crippen LogP contribution in [-0.2, 0) is 17.1 Å². The molecule has 0 amide bonds. The fraction of sp³-hybridized carbons (Fsp3) is 1.00. The second kappa shape index (κ2) is 18.1. The summed E-state index contributed by atoms with van der Waals surface area (Å²) in [4.78, 5) is 0. The first-order valence-electron chi connectivity index (χ1n) is 6.07. The molecule has 0 unspecified atom stereocenters. The van der Waals surface area contributed by atoms with Crippen molar-refractivity contribution in [2.24, 2.45) is 0 Å². The molecular formula is C8H20B2CuF8N2. The van der Waals surface area contributed by atoms with Gasteiger partial charge in [0.05, 0.1) is 0 Å². The van der Waals surface area contributed by atoms with Gasteiger partial charge in [0.2, 0.25) is 0 Å². The van der Waals surface area contributed by atoms with Crippen LogP contribution >= 0.6 is 0 Å². The molecule has 0 rings (SSSR count). The Kier molecular flexibility index (Phi) is 25.0. The van der Waals surface area contributed by atoms with Crippen LogP contribution in [0, 0.1) is 0 Å². The van der Waals surface area contributed by atoms with Gasteiger partial charge in [-0.15, -0.1) is 0 Å². The molecule has 0 aromatic heterocycles. The summed E-state index contributed by atoms with van der Waals surface area (Å²) in [6.07, 6.45) is 2.46. The molecule has 0 bridgehead atoms. The Labute approximate surface area is 130 Å². The summed E-state index contributed by atoms with van der Waals surface area (Å²) in [5.41, 5.74) is 0. The third kappa shape index (κ3) is 132. The van der Waals surface area contributed by atoms with Gasteiger partial charge in [-0.3, -0.25) is 0 Å².